The highest BCUT2D eigenvalue weighted by molar-refractivity contribution is 6.05. The van der Waals surface area contributed by atoms with Gasteiger partial charge in [0.05, 0.1) is 22.4 Å². The van der Waals surface area contributed by atoms with E-state index in [9.17, 15) is 31.1 Å². The van der Waals surface area contributed by atoms with Crippen LogP contribution in [0, 0.1) is 0 Å². The molecule has 0 radical (unpaired) electrons. The fourth-order valence-electron chi connectivity index (χ4n) is 1.96. The number of alkyl halides is 6. The maximum Gasteiger partial charge on any atom is 0.418 e. The van der Waals surface area contributed by atoms with Gasteiger partial charge in [0, 0.05) is 0 Å². The lowest BCUT2D eigenvalue weighted by atomic mass is 10.1. The van der Waals surface area contributed by atoms with Gasteiger partial charge in [-0.2, -0.15) is 26.3 Å². The smallest absolute Gasteiger partial charge is 0.321 e. The van der Waals surface area contributed by atoms with E-state index in [1.54, 1.807) is 0 Å². The van der Waals surface area contributed by atoms with E-state index in [2.05, 4.69) is 0 Å². The number of halogens is 6. The van der Waals surface area contributed by atoms with E-state index in [4.69, 9.17) is 0 Å². The summed E-state index contributed by atoms with van der Waals surface area (Å²) in [6.07, 6.45) is -9.54. The number of carbonyl (C=O) groups is 1. The molecule has 0 fully saturated rings. The molecular formula is C15H9F6NO. The van der Waals surface area contributed by atoms with Crippen LogP contribution in [0.5, 0.6) is 0 Å². The predicted molar refractivity (Wildman–Crippen MR) is 70.8 cm³/mol. The van der Waals surface area contributed by atoms with E-state index in [0.717, 1.165) is 30.3 Å². The van der Waals surface area contributed by atoms with Crippen molar-refractivity contribution >= 4 is 11.6 Å². The molecule has 2 nitrogen and oxygen atoms in total. The largest absolute Gasteiger partial charge is 0.418 e. The summed E-state index contributed by atoms with van der Waals surface area (Å²) in [7, 11) is 0. The Hall–Kier alpha value is -2.51. The fourth-order valence-corrected chi connectivity index (χ4v) is 1.96. The monoisotopic (exact) mass is 333 g/mol. The Labute approximate surface area is 126 Å². The second-order valence-electron chi connectivity index (χ2n) is 4.54. The molecule has 2 aromatic rings. The first-order chi connectivity index (χ1) is 10.6. The van der Waals surface area contributed by atoms with E-state index in [1.165, 1.54) is 12.1 Å². The van der Waals surface area contributed by atoms with Crippen LogP contribution in [0.15, 0.2) is 48.5 Å². The van der Waals surface area contributed by atoms with Gasteiger partial charge in [0.25, 0.3) is 5.91 Å². The molecule has 1 N–H and O–H groups in total. The van der Waals surface area contributed by atoms with Crippen LogP contribution < -0.4 is 5.32 Å². The Balaban J connectivity index is 2.39. The van der Waals surface area contributed by atoms with Crippen LogP contribution in [0.3, 0.4) is 0 Å². The molecule has 0 atom stereocenters. The van der Waals surface area contributed by atoms with Crippen LogP contribution in [0.1, 0.15) is 21.5 Å². The first-order valence-electron chi connectivity index (χ1n) is 6.24. The SMILES string of the molecule is O=C(Nc1ccccc1C(F)(F)F)c1ccccc1C(F)(F)F. The van der Waals surface area contributed by atoms with E-state index in [1.807, 2.05) is 5.32 Å². The van der Waals surface area contributed by atoms with Gasteiger partial charge in [0.1, 0.15) is 0 Å². The van der Waals surface area contributed by atoms with Crippen molar-refractivity contribution in [2.75, 3.05) is 5.32 Å². The van der Waals surface area contributed by atoms with Gasteiger partial charge < -0.3 is 5.32 Å². The van der Waals surface area contributed by atoms with Gasteiger partial charge in [-0.3, -0.25) is 4.79 Å². The number of para-hydroxylation sites is 1. The molecule has 0 spiro atoms. The summed E-state index contributed by atoms with van der Waals surface area (Å²) in [6, 6.07) is 7.91. The van der Waals surface area contributed by atoms with Gasteiger partial charge in [0.15, 0.2) is 0 Å². The second-order valence-corrected chi connectivity index (χ2v) is 4.54. The highest BCUT2D eigenvalue weighted by Crippen LogP contribution is 2.36. The maximum atomic E-state index is 12.9. The summed E-state index contributed by atoms with van der Waals surface area (Å²) in [5.74, 6) is -1.27. The summed E-state index contributed by atoms with van der Waals surface area (Å²) in [5, 5.41) is 1.89. The Morgan fingerprint density at radius 2 is 1.22 bits per heavy atom. The third-order valence-corrected chi connectivity index (χ3v) is 2.96. The number of anilines is 1. The Morgan fingerprint density at radius 3 is 1.78 bits per heavy atom. The van der Waals surface area contributed by atoms with Crippen molar-refractivity contribution in [3.8, 4) is 0 Å². The number of amides is 1. The van der Waals surface area contributed by atoms with Gasteiger partial charge in [-0.15, -0.1) is 0 Å². The molecule has 0 heterocycles. The molecule has 0 aliphatic heterocycles. The third kappa shape index (κ3) is 3.82. The number of hydrogen-bond acceptors (Lipinski definition) is 1. The van der Waals surface area contributed by atoms with E-state index < -0.39 is 40.6 Å². The average molecular weight is 333 g/mol. The lowest BCUT2D eigenvalue weighted by Gasteiger charge is -2.15. The second kappa shape index (κ2) is 5.94. The number of hydrogen-bond donors (Lipinski definition) is 1. The van der Waals surface area contributed by atoms with Gasteiger partial charge in [0.2, 0.25) is 0 Å². The number of carbonyl (C=O) groups excluding carboxylic acids is 1. The Bertz CT molecular complexity index is 720. The highest BCUT2D eigenvalue weighted by Gasteiger charge is 2.36. The maximum absolute atomic E-state index is 12.9. The van der Waals surface area contributed by atoms with Gasteiger partial charge in [-0.25, -0.2) is 0 Å². The highest BCUT2D eigenvalue weighted by atomic mass is 19.4. The van der Waals surface area contributed by atoms with Crippen molar-refractivity contribution < 1.29 is 31.1 Å². The molecule has 0 aliphatic rings. The Kier molecular flexibility index (Phi) is 4.35. The first-order valence-corrected chi connectivity index (χ1v) is 6.24. The standard InChI is InChI=1S/C15H9F6NO/c16-14(17,18)10-6-2-1-5-9(10)13(23)22-12-8-4-3-7-11(12)15(19,20)21/h1-8H,(H,22,23). The van der Waals surface area contributed by atoms with Crippen molar-refractivity contribution in [2.45, 2.75) is 12.4 Å². The molecule has 122 valence electrons. The molecule has 0 aromatic heterocycles. The lowest BCUT2D eigenvalue weighted by molar-refractivity contribution is -0.138. The van der Waals surface area contributed by atoms with Gasteiger partial charge in [-0.1, -0.05) is 24.3 Å². The number of rotatable bonds is 2. The molecule has 1 amide bonds. The average Bonchev–Trinajstić information content (AvgIpc) is 2.46. The van der Waals surface area contributed by atoms with E-state index in [-0.39, 0.29) is 0 Å². The third-order valence-electron chi connectivity index (χ3n) is 2.96. The summed E-state index contributed by atoms with van der Waals surface area (Å²) in [4.78, 5) is 12.0. The molecule has 23 heavy (non-hydrogen) atoms. The van der Waals surface area contributed by atoms with Crippen LogP contribution >= 0.6 is 0 Å². The van der Waals surface area contributed by atoms with Crippen LogP contribution in [-0.2, 0) is 12.4 Å². The summed E-state index contributed by atoms with van der Waals surface area (Å²) < 4.78 is 77.1. The molecule has 2 aromatic carbocycles. The minimum atomic E-state index is -4.79. The van der Waals surface area contributed by atoms with Crippen molar-refractivity contribution in [1.29, 1.82) is 0 Å². The summed E-state index contributed by atoms with van der Waals surface area (Å²) >= 11 is 0. The zero-order chi connectivity index (χ0) is 17.3. The lowest BCUT2D eigenvalue weighted by Crippen LogP contribution is -2.20. The topological polar surface area (TPSA) is 29.1 Å². The van der Waals surface area contributed by atoms with Crippen molar-refractivity contribution in [2.24, 2.45) is 0 Å². The van der Waals surface area contributed by atoms with Crippen molar-refractivity contribution in [1.82, 2.24) is 0 Å². The van der Waals surface area contributed by atoms with Crippen LogP contribution in [0.25, 0.3) is 0 Å². The van der Waals surface area contributed by atoms with E-state index >= 15 is 0 Å². The van der Waals surface area contributed by atoms with Crippen LogP contribution in [0.4, 0.5) is 32.0 Å². The molecule has 2 rings (SSSR count). The zero-order valence-corrected chi connectivity index (χ0v) is 11.3. The van der Waals surface area contributed by atoms with Crippen molar-refractivity contribution in [3.63, 3.8) is 0 Å². The van der Waals surface area contributed by atoms with Crippen molar-refractivity contribution in [3.05, 3.63) is 65.2 Å². The normalized spacial score (nSPS) is 12.1. The van der Waals surface area contributed by atoms with Gasteiger partial charge >= 0.3 is 12.4 Å². The minimum Gasteiger partial charge on any atom is -0.321 e. The van der Waals surface area contributed by atoms with Gasteiger partial charge in [-0.05, 0) is 24.3 Å². The number of benzene rings is 2. The zero-order valence-electron chi connectivity index (χ0n) is 11.3. The van der Waals surface area contributed by atoms with Crippen LogP contribution in [0.2, 0.25) is 0 Å². The molecular weight excluding hydrogens is 324 g/mol. The molecule has 8 heteroatoms. The molecule has 0 aliphatic carbocycles. The Morgan fingerprint density at radius 1 is 0.739 bits per heavy atom. The molecule has 0 unspecified atom stereocenters. The quantitative estimate of drug-likeness (QED) is 0.772. The summed E-state index contributed by atoms with van der Waals surface area (Å²) in [6.45, 7) is 0. The first kappa shape index (κ1) is 16.9. The van der Waals surface area contributed by atoms with Crippen LogP contribution in [-0.4, -0.2) is 5.91 Å². The number of nitrogens with one attached hydrogen (secondary N) is 1. The molecule has 0 bridgehead atoms. The molecule has 0 saturated heterocycles. The predicted octanol–water partition coefficient (Wildman–Crippen LogP) is 4.98. The molecule has 0 saturated carbocycles. The summed E-state index contributed by atoms with van der Waals surface area (Å²) in [5.41, 5.74) is -3.72. The minimum absolute atomic E-state index is 0.609. The fraction of sp³-hybridized carbons (Fsp3) is 0.133. The van der Waals surface area contributed by atoms with E-state index in [0.29, 0.717) is 6.07 Å².